The quantitative estimate of drug-likeness (QED) is 0.775. The van der Waals surface area contributed by atoms with Crippen molar-refractivity contribution in [2.45, 2.75) is 0 Å². The van der Waals surface area contributed by atoms with E-state index in [2.05, 4.69) is 9.97 Å². The summed E-state index contributed by atoms with van der Waals surface area (Å²) in [5, 5.41) is 9.76. The normalized spacial score (nSPS) is 10.7. The van der Waals surface area contributed by atoms with Crippen molar-refractivity contribution in [2.75, 3.05) is 0 Å². The Morgan fingerprint density at radius 1 is 1.15 bits per heavy atom. The van der Waals surface area contributed by atoms with Gasteiger partial charge in [-0.25, -0.2) is 14.2 Å². The summed E-state index contributed by atoms with van der Waals surface area (Å²) in [5.41, 5.74) is 1.16. The number of nitrogens with zero attached hydrogens (tertiary/aromatic N) is 2. The number of hydrogen-bond acceptors (Lipinski definition) is 3. The fraction of sp³-hybridized carbons (Fsp3) is 0. The fourth-order valence-corrected chi connectivity index (χ4v) is 1.96. The molecule has 0 unspecified atom stereocenters. The van der Waals surface area contributed by atoms with Crippen LogP contribution >= 0.6 is 0 Å². The van der Waals surface area contributed by atoms with Crippen LogP contribution in [0.25, 0.3) is 22.3 Å². The minimum absolute atomic E-state index is 0.142. The molecule has 2 heterocycles. The second-order valence-corrected chi connectivity index (χ2v) is 4.24. The molecule has 0 aliphatic carbocycles. The molecule has 0 saturated carbocycles. The molecule has 3 rings (SSSR count). The van der Waals surface area contributed by atoms with E-state index in [0.29, 0.717) is 11.2 Å². The van der Waals surface area contributed by atoms with E-state index in [-0.39, 0.29) is 11.3 Å². The number of benzene rings is 1. The second kappa shape index (κ2) is 4.70. The van der Waals surface area contributed by atoms with Crippen molar-refractivity contribution >= 4 is 16.9 Å². The van der Waals surface area contributed by atoms with E-state index in [0.717, 1.165) is 5.39 Å². The van der Waals surface area contributed by atoms with Gasteiger partial charge < -0.3 is 5.11 Å². The van der Waals surface area contributed by atoms with Gasteiger partial charge in [0.15, 0.2) is 5.82 Å². The molecule has 0 radical (unpaired) electrons. The molecule has 1 N–H and O–H groups in total. The number of carboxylic acids is 1. The van der Waals surface area contributed by atoms with Crippen LogP contribution in [0.4, 0.5) is 4.39 Å². The lowest BCUT2D eigenvalue weighted by atomic mass is 10.1. The Labute approximate surface area is 113 Å². The molecular weight excluding hydrogens is 259 g/mol. The zero-order chi connectivity index (χ0) is 14.1. The van der Waals surface area contributed by atoms with Crippen molar-refractivity contribution in [3.8, 4) is 11.4 Å². The van der Waals surface area contributed by atoms with Crippen LogP contribution in [0.15, 0.2) is 48.7 Å². The summed E-state index contributed by atoms with van der Waals surface area (Å²) in [4.78, 5) is 19.2. The third kappa shape index (κ3) is 2.09. The maximum atomic E-state index is 13.7. The highest BCUT2D eigenvalue weighted by Gasteiger charge is 2.09. The Kier molecular flexibility index (Phi) is 2.87. The molecule has 98 valence electrons. The van der Waals surface area contributed by atoms with Gasteiger partial charge in [0.25, 0.3) is 0 Å². The molecule has 0 spiro atoms. The van der Waals surface area contributed by atoms with Gasteiger partial charge in [-0.05, 0) is 30.3 Å². The van der Waals surface area contributed by atoms with E-state index in [1.807, 2.05) is 0 Å². The lowest BCUT2D eigenvalue weighted by molar-refractivity contribution is 0.0697. The molecule has 0 aliphatic rings. The molecule has 0 amide bonds. The number of carbonyl (C=O) groups is 1. The number of aromatic carboxylic acids is 1. The second-order valence-electron chi connectivity index (χ2n) is 4.24. The third-order valence-corrected chi connectivity index (χ3v) is 2.94. The Hall–Kier alpha value is -2.82. The zero-order valence-electron chi connectivity index (χ0n) is 10.2. The van der Waals surface area contributed by atoms with Crippen LogP contribution in [0.3, 0.4) is 0 Å². The molecule has 1 aromatic carbocycles. The number of carboxylic acid groups (broad SMARTS) is 1. The van der Waals surface area contributed by atoms with Gasteiger partial charge in [-0.3, -0.25) is 4.98 Å². The predicted octanol–water partition coefficient (Wildman–Crippen LogP) is 3.13. The van der Waals surface area contributed by atoms with Gasteiger partial charge in [-0.1, -0.05) is 12.1 Å². The molecule has 20 heavy (non-hydrogen) atoms. The Balaban J connectivity index is 2.19. The van der Waals surface area contributed by atoms with E-state index in [1.165, 1.54) is 30.5 Å². The number of hydrogen-bond donors (Lipinski definition) is 1. The average Bonchev–Trinajstić information content (AvgIpc) is 2.46. The smallest absolute Gasteiger partial charge is 0.335 e. The molecule has 5 heteroatoms. The molecule has 0 bridgehead atoms. The number of pyridine rings is 2. The molecule has 0 fully saturated rings. The third-order valence-electron chi connectivity index (χ3n) is 2.94. The number of aromatic nitrogens is 2. The topological polar surface area (TPSA) is 63.1 Å². The maximum Gasteiger partial charge on any atom is 0.335 e. The molecule has 0 aliphatic heterocycles. The Morgan fingerprint density at radius 3 is 2.70 bits per heavy atom. The Morgan fingerprint density at radius 2 is 1.95 bits per heavy atom. The number of fused-ring (bicyclic) bond motifs is 1. The van der Waals surface area contributed by atoms with Crippen molar-refractivity contribution in [3.05, 3.63) is 60.0 Å². The average molecular weight is 268 g/mol. The summed E-state index contributed by atoms with van der Waals surface area (Å²) in [5.74, 6) is -1.49. The van der Waals surface area contributed by atoms with Gasteiger partial charge in [0.05, 0.1) is 16.8 Å². The summed E-state index contributed by atoms with van der Waals surface area (Å²) in [6.07, 6.45) is 1.48. The van der Waals surface area contributed by atoms with E-state index in [1.54, 1.807) is 18.2 Å². The number of rotatable bonds is 2. The molecular formula is C15H9FN2O2. The van der Waals surface area contributed by atoms with Crippen LogP contribution < -0.4 is 0 Å². The van der Waals surface area contributed by atoms with Gasteiger partial charge in [0, 0.05) is 11.6 Å². The molecule has 3 aromatic rings. The predicted molar refractivity (Wildman–Crippen MR) is 71.9 cm³/mol. The minimum atomic E-state index is -1.02. The minimum Gasteiger partial charge on any atom is -0.478 e. The van der Waals surface area contributed by atoms with Crippen molar-refractivity contribution in [1.82, 2.24) is 9.97 Å². The summed E-state index contributed by atoms with van der Waals surface area (Å²) >= 11 is 0. The lowest BCUT2D eigenvalue weighted by Crippen LogP contribution is -1.97. The SMILES string of the molecule is O=C(O)c1ccc2ccc(-c3ncccc3F)nc2c1. The van der Waals surface area contributed by atoms with Crippen molar-refractivity contribution < 1.29 is 14.3 Å². The molecule has 2 aromatic heterocycles. The molecule has 4 nitrogen and oxygen atoms in total. The van der Waals surface area contributed by atoms with E-state index >= 15 is 0 Å². The van der Waals surface area contributed by atoms with Gasteiger partial charge in [0.1, 0.15) is 5.69 Å². The maximum absolute atomic E-state index is 13.7. The van der Waals surface area contributed by atoms with Crippen molar-refractivity contribution in [1.29, 1.82) is 0 Å². The van der Waals surface area contributed by atoms with Crippen LogP contribution in [0.5, 0.6) is 0 Å². The largest absolute Gasteiger partial charge is 0.478 e. The van der Waals surface area contributed by atoms with E-state index in [9.17, 15) is 9.18 Å². The first-order valence-electron chi connectivity index (χ1n) is 5.90. The Bertz CT molecular complexity index is 818. The summed E-state index contributed by atoms with van der Waals surface area (Å²) in [7, 11) is 0. The summed E-state index contributed by atoms with van der Waals surface area (Å²) < 4.78 is 13.7. The molecule has 0 atom stereocenters. The van der Waals surface area contributed by atoms with Gasteiger partial charge in [-0.2, -0.15) is 0 Å². The number of halogens is 1. The van der Waals surface area contributed by atoms with Crippen molar-refractivity contribution in [3.63, 3.8) is 0 Å². The van der Waals surface area contributed by atoms with Crippen LogP contribution in [0, 0.1) is 5.82 Å². The molecule has 0 saturated heterocycles. The van der Waals surface area contributed by atoms with Gasteiger partial charge in [-0.15, -0.1) is 0 Å². The lowest BCUT2D eigenvalue weighted by Gasteiger charge is -2.04. The van der Waals surface area contributed by atoms with Crippen LogP contribution in [-0.4, -0.2) is 21.0 Å². The first kappa shape index (κ1) is 12.2. The van der Waals surface area contributed by atoms with Crippen LogP contribution in [0.1, 0.15) is 10.4 Å². The van der Waals surface area contributed by atoms with E-state index in [4.69, 9.17) is 5.11 Å². The highest BCUT2D eigenvalue weighted by molar-refractivity contribution is 5.93. The standard InChI is InChI=1S/C15H9FN2O2/c16-11-2-1-7-17-14(11)12-6-5-9-3-4-10(15(19)20)8-13(9)18-12/h1-8H,(H,19,20). The van der Waals surface area contributed by atoms with Crippen LogP contribution in [-0.2, 0) is 0 Å². The first-order chi connectivity index (χ1) is 9.65. The monoisotopic (exact) mass is 268 g/mol. The first-order valence-corrected chi connectivity index (χ1v) is 5.90. The van der Waals surface area contributed by atoms with Crippen molar-refractivity contribution in [2.24, 2.45) is 0 Å². The highest BCUT2D eigenvalue weighted by atomic mass is 19.1. The van der Waals surface area contributed by atoms with Crippen LogP contribution in [0.2, 0.25) is 0 Å². The summed E-state index contributed by atoms with van der Waals surface area (Å²) in [6.45, 7) is 0. The zero-order valence-corrected chi connectivity index (χ0v) is 10.2. The highest BCUT2D eigenvalue weighted by Crippen LogP contribution is 2.22. The van der Waals surface area contributed by atoms with E-state index < -0.39 is 11.8 Å². The van der Waals surface area contributed by atoms with Gasteiger partial charge in [0.2, 0.25) is 0 Å². The van der Waals surface area contributed by atoms with Gasteiger partial charge >= 0.3 is 5.97 Å². The fourth-order valence-electron chi connectivity index (χ4n) is 1.96. The summed E-state index contributed by atoms with van der Waals surface area (Å²) in [6, 6.07) is 10.9.